The minimum atomic E-state index is -4.34. The quantitative estimate of drug-likeness (QED) is 0.840. The molecule has 0 radical (unpaired) electrons. The number of amides is 1. The van der Waals surface area contributed by atoms with Crippen molar-refractivity contribution in [1.82, 2.24) is 5.32 Å². The number of nitrogens with two attached hydrogens (primary N) is 1. The van der Waals surface area contributed by atoms with Crippen molar-refractivity contribution in [2.75, 3.05) is 0 Å². The molecule has 3 N–H and O–H groups in total. The predicted molar refractivity (Wildman–Crippen MR) is 90.9 cm³/mol. The van der Waals surface area contributed by atoms with Gasteiger partial charge in [0.15, 0.2) is 0 Å². The van der Waals surface area contributed by atoms with Gasteiger partial charge in [0.1, 0.15) is 0 Å². The molecule has 0 saturated heterocycles. The van der Waals surface area contributed by atoms with Crippen LogP contribution in [-0.2, 0) is 23.8 Å². The number of carbonyl (C=O) groups excluding carboxylic acids is 1. The van der Waals surface area contributed by atoms with E-state index >= 15 is 0 Å². The van der Waals surface area contributed by atoms with Gasteiger partial charge in [-0.25, -0.2) is 0 Å². The van der Waals surface area contributed by atoms with Gasteiger partial charge in [0.2, 0.25) is 5.91 Å². The number of benzene rings is 2. The summed E-state index contributed by atoms with van der Waals surface area (Å²) >= 11 is 0. The van der Waals surface area contributed by atoms with E-state index in [9.17, 15) is 18.0 Å². The highest BCUT2D eigenvalue weighted by molar-refractivity contribution is 5.82. The third-order valence-corrected chi connectivity index (χ3v) is 3.85. The van der Waals surface area contributed by atoms with Crippen LogP contribution in [0.15, 0.2) is 54.6 Å². The minimum Gasteiger partial charge on any atom is -0.352 e. The normalized spacial score (nSPS) is 14.0. The molecular weight excluding hydrogens is 329 g/mol. The average Bonchev–Trinajstić information content (AvgIpc) is 2.55. The van der Waals surface area contributed by atoms with Crippen LogP contribution >= 0.6 is 0 Å². The molecule has 2 atom stereocenters. The Labute approximate surface area is 145 Å². The van der Waals surface area contributed by atoms with Crippen LogP contribution in [0.25, 0.3) is 0 Å². The Bertz CT molecular complexity index is 684. The summed E-state index contributed by atoms with van der Waals surface area (Å²) in [6.07, 6.45) is -3.48. The summed E-state index contributed by atoms with van der Waals surface area (Å²) in [7, 11) is 0. The summed E-state index contributed by atoms with van der Waals surface area (Å²) in [4.78, 5) is 12.1. The van der Waals surface area contributed by atoms with Crippen molar-refractivity contribution in [3.05, 3.63) is 71.3 Å². The summed E-state index contributed by atoms with van der Waals surface area (Å²) < 4.78 is 37.7. The van der Waals surface area contributed by atoms with Crippen LogP contribution in [0.2, 0.25) is 0 Å². The SMILES string of the molecule is CC(Cc1ccc(C(F)(F)F)cc1)NC(=O)[C@@H](N)Cc1ccccc1. The first-order valence-corrected chi connectivity index (χ1v) is 8.01. The zero-order valence-electron chi connectivity index (χ0n) is 13.9. The third kappa shape index (κ3) is 5.90. The molecule has 3 nitrogen and oxygen atoms in total. The summed E-state index contributed by atoms with van der Waals surface area (Å²) in [6.45, 7) is 1.80. The Morgan fingerprint density at radius 1 is 1.00 bits per heavy atom. The molecule has 6 heteroatoms. The maximum Gasteiger partial charge on any atom is 0.416 e. The van der Waals surface area contributed by atoms with Crippen molar-refractivity contribution in [2.45, 2.75) is 38.0 Å². The van der Waals surface area contributed by atoms with E-state index < -0.39 is 17.8 Å². The molecule has 0 bridgehead atoms. The zero-order valence-corrected chi connectivity index (χ0v) is 13.9. The fourth-order valence-electron chi connectivity index (χ4n) is 2.55. The lowest BCUT2D eigenvalue weighted by atomic mass is 10.0. The molecule has 2 rings (SSSR count). The Morgan fingerprint density at radius 2 is 1.56 bits per heavy atom. The van der Waals surface area contributed by atoms with Crippen LogP contribution in [0.3, 0.4) is 0 Å². The number of rotatable bonds is 6. The van der Waals surface area contributed by atoms with E-state index in [2.05, 4.69) is 5.32 Å². The Hall–Kier alpha value is -2.34. The van der Waals surface area contributed by atoms with Gasteiger partial charge < -0.3 is 11.1 Å². The molecule has 0 saturated carbocycles. The summed E-state index contributed by atoms with van der Waals surface area (Å²) in [5, 5.41) is 2.81. The maximum atomic E-state index is 12.6. The van der Waals surface area contributed by atoms with Gasteiger partial charge in [0.05, 0.1) is 11.6 Å². The van der Waals surface area contributed by atoms with Gasteiger partial charge in [0.25, 0.3) is 0 Å². The fraction of sp³-hybridized carbons (Fsp3) is 0.316. The van der Waals surface area contributed by atoms with Crippen LogP contribution < -0.4 is 11.1 Å². The molecular formula is C19H21F3N2O. The highest BCUT2D eigenvalue weighted by atomic mass is 19.4. The number of nitrogens with one attached hydrogen (secondary N) is 1. The lowest BCUT2D eigenvalue weighted by Gasteiger charge is -2.18. The van der Waals surface area contributed by atoms with Gasteiger partial charge in [-0.2, -0.15) is 13.2 Å². The first-order chi connectivity index (χ1) is 11.8. The second-order valence-electron chi connectivity index (χ2n) is 6.10. The summed E-state index contributed by atoms with van der Waals surface area (Å²) in [6, 6.07) is 13.5. The van der Waals surface area contributed by atoms with Crippen molar-refractivity contribution < 1.29 is 18.0 Å². The van der Waals surface area contributed by atoms with E-state index in [1.807, 2.05) is 30.3 Å². The van der Waals surface area contributed by atoms with Crippen LogP contribution in [0.4, 0.5) is 13.2 Å². The first-order valence-electron chi connectivity index (χ1n) is 8.01. The van der Waals surface area contributed by atoms with Gasteiger partial charge in [-0.1, -0.05) is 42.5 Å². The van der Waals surface area contributed by atoms with Gasteiger partial charge in [-0.05, 0) is 43.0 Å². The molecule has 2 aromatic carbocycles. The van der Waals surface area contributed by atoms with Crippen molar-refractivity contribution in [2.24, 2.45) is 5.73 Å². The molecule has 0 aromatic heterocycles. The topological polar surface area (TPSA) is 55.1 Å². The van der Waals surface area contributed by atoms with E-state index in [0.717, 1.165) is 23.3 Å². The highest BCUT2D eigenvalue weighted by Crippen LogP contribution is 2.29. The second kappa shape index (κ2) is 8.16. The molecule has 2 aromatic rings. The van der Waals surface area contributed by atoms with Gasteiger partial charge in [-0.15, -0.1) is 0 Å². The van der Waals surface area contributed by atoms with E-state index in [-0.39, 0.29) is 11.9 Å². The van der Waals surface area contributed by atoms with E-state index in [1.165, 1.54) is 12.1 Å². The molecule has 0 heterocycles. The monoisotopic (exact) mass is 350 g/mol. The lowest BCUT2D eigenvalue weighted by molar-refractivity contribution is -0.137. The third-order valence-electron chi connectivity index (χ3n) is 3.85. The molecule has 0 fully saturated rings. The number of hydrogen-bond acceptors (Lipinski definition) is 2. The lowest BCUT2D eigenvalue weighted by Crippen LogP contribution is -2.46. The Kier molecular flexibility index (Phi) is 6.20. The predicted octanol–water partition coefficient (Wildman–Crippen LogP) is 3.32. The van der Waals surface area contributed by atoms with Crippen molar-refractivity contribution >= 4 is 5.91 Å². The van der Waals surface area contributed by atoms with Gasteiger partial charge >= 0.3 is 6.18 Å². The molecule has 0 spiro atoms. The molecule has 0 aliphatic carbocycles. The standard InChI is InChI=1S/C19H21F3N2O/c1-13(11-15-7-9-16(10-8-15)19(20,21)22)24-18(25)17(23)12-14-5-3-2-4-6-14/h2-10,13,17H,11-12,23H2,1H3,(H,24,25)/t13?,17-/m0/s1. The molecule has 25 heavy (non-hydrogen) atoms. The maximum absolute atomic E-state index is 12.6. The molecule has 1 unspecified atom stereocenters. The van der Waals surface area contributed by atoms with Crippen LogP contribution in [0, 0.1) is 0 Å². The number of alkyl halides is 3. The van der Waals surface area contributed by atoms with Crippen LogP contribution in [0.5, 0.6) is 0 Å². The van der Waals surface area contributed by atoms with E-state index in [4.69, 9.17) is 5.73 Å². The van der Waals surface area contributed by atoms with Crippen LogP contribution in [0.1, 0.15) is 23.6 Å². The highest BCUT2D eigenvalue weighted by Gasteiger charge is 2.30. The molecule has 1 amide bonds. The second-order valence-corrected chi connectivity index (χ2v) is 6.10. The number of carbonyl (C=O) groups is 1. The van der Waals surface area contributed by atoms with Crippen molar-refractivity contribution in [3.8, 4) is 0 Å². The van der Waals surface area contributed by atoms with Crippen LogP contribution in [-0.4, -0.2) is 18.0 Å². The molecule has 0 aliphatic rings. The van der Waals surface area contributed by atoms with Crippen molar-refractivity contribution in [1.29, 1.82) is 0 Å². The smallest absolute Gasteiger partial charge is 0.352 e. The Balaban J connectivity index is 1.86. The summed E-state index contributed by atoms with van der Waals surface area (Å²) in [5.74, 6) is -0.275. The Morgan fingerprint density at radius 3 is 2.12 bits per heavy atom. The molecule has 134 valence electrons. The summed E-state index contributed by atoms with van der Waals surface area (Å²) in [5.41, 5.74) is 6.93. The van der Waals surface area contributed by atoms with Gasteiger partial charge in [0, 0.05) is 6.04 Å². The molecule has 0 aliphatic heterocycles. The number of hydrogen-bond donors (Lipinski definition) is 2. The average molecular weight is 350 g/mol. The zero-order chi connectivity index (χ0) is 18.4. The fourth-order valence-corrected chi connectivity index (χ4v) is 2.55. The largest absolute Gasteiger partial charge is 0.416 e. The first kappa shape index (κ1) is 19.0. The minimum absolute atomic E-state index is 0.230. The van der Waals surface area contributed by atoms with E-state index in [1.54, 1.807) is 6.92 Å². The van der Waals surface area contributed by atoms with E-state index in [0.29, 0.717) is 12.8 Å². The van der Waals surface area contributed by atoms with Crippen molar-refractivity contribution in [3.63, 3.8) is 0 Å². The van der Waals surface area contributed by atoms with Gasteiger partial charge in [-0.3, -0.25) is 4.79 Å². The number of halogens is 3.